The van der Waals surface area contributed by atoms with E-state index in [4.69, 9.17) is 18.6 Å². The molecule has 0 spiro atoms. The quantitative estimate of drug-likeness (QED) is 0.135. The zero-order valence-electron chi connectivity index (χ0n) is 31.4. The van der Waals surface area contributed by atoms with Gasteiger partial charge in [-0.3, -0.25) is 0 Å². The van der Waals surface area contributed by atoms with E-state index in [1.54, 1.807) is 0 Å². The molecule has 0 aromatic heterocycles. The van der Waals surface area contributed by atoms with Crippen molar-refractivity contribution in [1.29, 1.82) is 0 Å². The van der Waals surface area contributed by atoms with Gasteiger partial charge in [0, 0.05) is 5.41 Å². The van der Waals surface area contributed by atoms with Crippen molar-refractivity contribution >= 4 is 25.2 Å². The second kappa shape index (κ2) is 15.1. The van der Waals surface area contributed by atoms with E-state index in [-0.39, 0.29) is 42.6 Å². The lowest BCUT2D eigenvalue weighted by Gasteiger charge is -2.42. The molecule has 258 valence electrons. The summed E-state index contributed by atoms with van der Waals surface area (Å²) < 4.78 is 26.2. The molecule has 5 rings (SSSR count). The third-order valence-electron chi connectivity index (χ3n) is 12.1. The molecule has 2 aromatic rings. The first-order valence-corrected chi connectivity index (χ1v) is 19.3. The van der Waals surface area contributed by atoms with Gasteiger partial charge >= 0.3 is 14.2 Å². The maximum absolute atomic E-state index is 6.61. The van der Waals surface area contributed by atoms with Crippen molar-refractivity contribution in [2.24, 2.45) is 0 Å². The molecule has 2 fully saturated rings. The van der Waals surface area contributed by atoms with Gasteiger partial charge in [0.1, 0.15) is 0 Å². The number of benzene rings is 2. The third kappa shape index (κ3) is 7.92. The fraction of sp³-hybridized carbons (Fsp3) is 0.707. The van der Waals surface area contributed by atoms with Crippen LogP contribution in [0.1, 0.15) is 174 Å². The van der Waals surface area contributed by atoms with Crippen LogP contribution in [0, 0.1) is 0 Å². The molecule has 47 heavy (non-hydrogen) atoms. The summed E-state index contributed by atoms with van der Waals surface area (Å²) in [5.41, 5.74) is 7.13. The minimum Gasteiger partial charge on any atom is -0.402 e. The Kier molecular flexibility index (Phi) is 11.8. The maximum atomic E-state index is 6.61. The summed E-state index contributed by atoms with van der Waals surface area (Å²) in [6.07, 6.45) is 19.0. The largest absolute Gasteiger partial charge is 0.494 e. The smallest absolute Gasteiger partial charge is 0.402 e. The first-order chi connectivity index (χ1) is 22.3. The van der Waals surface area contributed by atoms with Crippen LogP contribution in [0.3, 0.4) is 0 Å². The van der Waals surface area contributed by atoms with Crippen molar-refractivity contribution in [3.63, 3.8) is 0 Å². The minimum absolute atomic E-state index is 0.0442. The molecule has 0 N–H and O–H groups in total. The monoisotopic (exact) mass is 642 g/mol. The van der Waals surface area contributed by atoms with Crippen molar-refractivity contribution in [2.45, 2.75) is 187 Å². The fourth-order valence-corrected chi connectivity index (χ4v) is 7.98. The van der Waals surface area contributed by atoms with Crippen molar-refractivity contribution in [3.05, 3.63) is 58.7 Å². The second-order valence-electron chi connectivity index (χ2n) is 16.5. The van der Waals surface area contributed by atoms with Gasteiger partial charge in [0.15, 0.2) is 0 Å². The van der Waals surface area contributed by atoms with Crippen molar-refractivity contribution < 1.29 is 18.6 Å². The number of unbranched alkanes of at least 4 members (excludes halogenated alkanes) is 10. The molecular formula is C41H64B2O4. The molecule has 1 aliphatic carbocycles. The van der Waals surface area contributed by atoms with Crippen LogP contribution >= 0.6 is 0 Å². The Morgan fingerprint density at radius 1 is 0.596 bits per heavy atom. The molecule has 3 aliphatic rings. The number of rotatable bonds is 16. The van der Waals surface area contributed by atoms with Crippen LogP contribution in [-0.4, -0.2) is 37.1 Å². The summed E-state index contributed by atoms with van der Waals surface area (Å²) in [5, 5.41) is 0. The maximum Gasteiger partial charge on any atom is 0.494 e. The van der Waals surface area contributed by atoms with Gasteiger partial charge in [0.05, 0.1) is 22.9 Å². The second-order valence-corrected chi connectivity index (χ2v) is 16.5. The average molecular weight is 643 g/mol. The molecular weight excluding hydrogens is 578 g/mol. The number of fused-ring (bicyclic) bond motifs is 2. The first kappa shape index (κ1) is 36.7. The van der Waals surface area contributed by atoms with Crippen LogP contribution < -0.4 is 10.9 Å². The number of hydrogen-bond donors (Lipinski definition) is 0. The summed E-state index contributed by atoms with van der Waals surface area (Å²) in [4.78, 5) is 0. The molecule has 0 bridgehead atoms. The van der Waals surface area contributed by atoms with E-state index in [9.17, 15) is 0 Å². The fourth-order valence-electron chi connectivity index (χ4n) is 7.98. The van der Waals surface area contributed by atoms with Gasteiger partial charge in [0.2, 0.25) is 0 Å². The predicted octanol–water partition coefficient (Wildman–Crippen LogP) is 9.59. The number of hydrogen-bond acceptors (Lipinski definition) is 4. The van der Waals surface area contributed by atoms with E-state index < -0.39 is 0 Å². The lowest BCUT2D eigenvalue weighted by molar-refractivity contribution is 0.00578. The van der Waals surface area contributed by atoms with Crippen LogP contribution in [0.4, 0.5) is 0 Å². The normalized spacial score (nSPS) is 22.0. The molecule has 1 atom stereocenters. The predicted molar refractivity (Wildman–Crippen MR) is 199 cm³/mol. The van der Waals surface area contributed by atoms with E-state index in [1.165, 1.54) is 112 Å². The highest BCUT2D eigenvalue weighted by atomic mass is 16.7. The zero-order chi connectivity index (χ0) is 33.9. The Hall–Kier alpha value is -1.59. The van der Waals surface area contributed by atoms with Crippen LogP contribution in [0.2, 0.25) is 0 Å². The highest BCUT2D eigenvalue weighted by molar-refractivity contribution is 6.62. The Morgan fingerprint density at radius 3 is 1.49 bits per heavy atom. The van der Waals surface area contributed by atoms with Gasteiger partial charge in [-0.1, -0.05) is 127 Å². The van der Waals surface area contributed by atoms with E-state index >= 15 is 0 Å². The Balaban J connectivity index is 1.56. The van der Waals surface area contributed by atoms with Crippen molar-refractivity contribution in [1.82, 2.24) is 0 Å². The molecule has 0 radical (unpaired) electrons. The lowest BCUT2D eigenvalue weighted by atomic mass is 9.59. The van der Waals surface area contributed by atoms with Crippen LogP contribution in [0.25, 0.3) is 0 Å². The molecule has 2 aliphatic heterocycles. The molecule has 6 heteroatoms. The molecule has 0 saturated carbocycles. The van der Waals surface area contributed by atoms with E-state index in [2.05, 4.69) is 98.7 Å². The standard InChI is InChI=1S/C41H64B2O4/c1-10-12-14-16-18-20-26-41(27-21-19-17-15-13-11-2)36-29-34(42-44-31(3)38(4,5)45-42)24-22-32(36)28-33-23-25-35(30-37(33)41)43-46-39(6,7)40(8,9)47-43/h22-25,29-31H,10-21,26-28H2,1-9H3. The Morgan fingerprint density at radius 2 is 1.04 bits per heavy atom. The zero-order valence-corrected chi connectivity index (χ0v) is 31.4. The highest BCUT2D eigenvalue weighted by Gasteiger charge is 2.52. The van der Waals surface area contributed by atoms with Gasteiger partial charge in [-0.2, -0.15) is 0 Å². The van der Waals surface area contributed by atoms with E-state index in [1.807, 2.05) is 0 Å². The Bertz CT molecular complexity index is 1300. The SMILES string of the molecule is CCCCCCCCC1(CCCCCCCC)c2cc(B3OC(C)C(C)(C)O3)ccc2Cc2ccc(B3OC(C)(C)C(C)(C)O3)cc21. The van der Waals surface area contributed by atoms with Gasteiger partial charge in [0.25, 0.3) is 0 Å². The topological polar surface area (TPSA) is 36.9 Å². The van der Waals surface area contributed by atoms with Crippen LogP contribution in [0.15, 0.2) is 36.4 Å². The average Bonchev–Trinajstić information content (AvgIpc) is 3.43. The summed E-state index contributed by atoms with van der Waals surface area (Å²) in [6.45, 7) is 19.6. The lowest BCUT2D eigenvalue weighted by Crippen LogP contribution is -2.41. The highest BCUT2D eigenvalue weighted by Crippen LogP contribution is 2.49. The minimum atomic E-state index is -0.366. The molecule has 4 nitrogen and oxygen atoms in total. The van der Waals surface area contributed by atoms with Gasteiger partial charge in [-0.15, -0.1) is 0 Å². The molecule has 2 heterocycles. The molecule has 2 saturated heterocycles. The van der Waals surface area contributed by atoms with E-state index in [0.29, 0.717) is 0 Å². The molecule has 2 aromatic carbocycles. The summed E-state index contributed by atoms with van der Waals surface area (Å²) >= 11 is 0. The summed E-state index contributed by atoms with van der Waals surface area (Å²) in [5.74, 6) is 0. The first-order valence-electron chi connectivity index (χ1n) is 19.3. The van der Waals surface area contributed by atoms with Gasteiger partial charge in [-0.05, 0) is 101 Å². The van der Waals surface area contributed by atoms with Crippen molar-refractivity contribution in [3.8, 4) is 0 Å². The van der Waals surface area contributed by atoms with Crippen LogP contribution in [0.5, 0.6) is 0 Å². The Labute approximate surface area is 288 Å². The molecule has 1 unspecified atom stereocenters. The molecule has 0 amide bonds. The summed E-state index contributed by atoms with van der Waals surface area (Å²) in [6, 6.07) is 14.3. The van der Waals surface area contributed by atoms with Crippen molar-refractivity contribution in [2.75, 3.05) is 0 Å². The van der Waals surface area contributed by atoms with Crippen LogP contribution in [-0.2, 0) is 30.5 Å². The van der Waals surface area contributed by atoms with Gasteiger partial charge in [-0.25, -0.2) is 0 Å². The summed E-state index contributed by atoms with van der Waals surface area (Å²) in [7, 11) is -0.689. The van der Waals surface area contributed by atoms with Gasteiger partial charge < -0.3 is 18.6 Å². The third-order valence-corrected chi connectivity index (χ3v) is 12.1. The van der Waals surface area contributed by atoms with E-state index in [0.717, 1.165) is 17.3 Å².